The number of hydrogen-bond donors (Lipinski definition) is 1. The lowest BCUT2D eigenvalue weighted by Crippen LogP contribution is -2.45. The Morgan fingerprint density at radius 2 is 2.00 bits per heavy atom. The smallest absolute Gasteiger partial charge is 0.250 e. The maximum atomic E-state index is 11.0. The summed E-state index contributed by atoms with van der Waals surface area (Å²) in [5.74, 6) is 0. The second kappa shape index (κ2) is 5.51. The van der Waals surface area contributed by atoms with Crippen molar-refractivity contribution in [1.29, 1.82) is 0 Å². The van der Waals surface area contributed by atoms with Crippen LogP contribution in [-0.2, 0) is 0 Å². The highest BCUT2D eigenvalue weighted by atomic mass is 32.2. The fraction of sp³-hybridized carbons (Fsp3) is 0.500. The molecule has 5 heteroatoms. The van der Waals surface area contributed by atoms with Gasteiger partial charge in [-0.05, 0) is 31.4 Å². The number of hydrogen-bond acceptors (Lipinski definition) is 4. The van der Waals surface area contributed by atoms with Crippen LogP contribution in [0.5, 0.6) is 0 Å². The van der Waals surface area contributed by atoms with Gasteiger partial charge in [0, 0.05) is 9.82 Å². The minimum absolute atomic E-state index is 0.129. The van der Waals surface area contributed by atoms with Crippen molar-refractivity contribution in [3.8, 4) is 0 Å². The van der Waals surface area contributed by atoms with Crippen molar-refractivity contribution in [2.75, 3.05) is 0 Å². The summed E-state index contributed by atoms with van der Waals surface area (Å²) in [6.07, 6.45) is 1.38. The molecule has 1 fully saturated rings. The number of nitro groups is 1. The molecule has 0 spiro atoms. The first-order valence-corrected chi connectivity index (χ1v) is 6.59. The Morgan fingerprint density at radius 1 is 1.29 bits per heavy atom. The van der Waals surface area contributed by atoms with Gasteiger partial charge in [0.15, 0.2) is 0 Å². The summed E-state index contributed by atoms with van der Waals surface area (Å²) < 4.78 is 0. The molecule has 0 aliphatic heterocycles. The maximum Gasteiger partial charge on any atom is 0.250 e. The van der Waals surface area contributed by atoms with Gasteiger partial charge in [-0.25, -0.2) is 0 Å². The number of rotatable bonds is 3. The summed E-state index contributed by atoms with van der Waals surface area (Å²) in [7, 11) is 0. The molecular weight excluding hydrogens is 238 g/mol. The Labute approximate surface area is 104 Å². The molecule has 1 aromatic rings. The normalized spacial score (nSPS) is 28.9. The predicted molar refractivity (Wildman–Crippen MR) is 66.7 cm³/mol. The third kappa shape index (κ3) is 2.98. The van der Waals surface area contributed by atoms with Crippen molar-refractivity contribution in [2.24, 2.45) is 0 Å². The second-order valence-electron chi connectivity index (χ2n) is 4.24. The van der Waals surface area contributed by atoms with E-state index in [2.05, 4.69) is 0 Å². The number of aliphatic hydroxyl groups excluding tert-OH is 1. The molecule has 0 bridgehead atoms. The van der Waals surface area contributed by atoms with Crippen LogP contribution >= 0.6 is 11.8 Å². The molecule has 0 amide bonds. The Hall–Kier alpha value is -1.07. The fourth-order valence-corrected chi connectivity index (χ4v) is 3.56. The molecule has 4 nitrogen and oxygen atoms in total. The molecule has 0 saturated heterocycles. The van der Waals surface area contributed by atoms with E-state index in [0.29, 0.717) is 6.42 Å². The van der Waals surface area contributed by atoms with E-state index in [-0.39, 0.29) is 10.2 Å². The van der Waals surface area contributed by atoms with Crippen LogP contribution in [0.3, 0.4) is 0 Å². The monoisotopic (exact) mass is 253 g/mol. The molecule has 0 heterocycles. The van der Waals surface area contributed by atoms with Gasteiger partial charge in [-0.15, -0.1) is 11.8 Å². The Kier molecular flexibility index (Phi) is 4.02. The molecular formula is C12H15NO3S. The van der Waals surface area contributed by atoms with Gasteiger partial charge in [0.1, 0.15) is 6.10 Å². The molecule has 1 aromatic carbocycles. The van der Waals surface area contributed by atoms with Gasteiger partial charge in [0.25, 0.3) is 6.04 Å². The minimum Gasteiger partial charge on any atom is -0.386 e. The lowest BCUT2D eigenvalue weighted by atomic mass is 9.92. The summed E-state index contributed by atoms with van der Waals surface area (Å²) in [6.45, 7) is 0. The molecule has 0 radical (unpaired) electrons. The molecule has 1 aliphatic rings. The standard InChI is InChI=1S/C12H15NO3S/c14-10-7-4-8-11(12(10)13(15)16)17-9-5-2-1-3-6-9/h1-3,5-6,10-12,14H,4,7-8H2. The molecule has 3 atom stereocenters. The summed E-state index contributed by atoms with van der Waals surface area (Å²) in [5, 5.41) is 20.6. The van der Waals surface area contributed by atoms with Crippen molar-refractivity contribution in [3.05, 3.63) is 40.4 Å². The van der Waals surface area contributed by atoms with Crippen LogP contribution in [0, 0.1) is 10.1 Å². The molecule has 3 unspecified atom stereocenters. The first-order chi connectivity index (χ1) is 8.18. The van der Waals surface area contributed by atoms with Crippen molar-refractivity contribution in [3.63, 3.8) is 0 Å². The molecule has 17 heavy (non-hydrogen) atoms. The van der Waals surface area contributed by atoms with Gasteiger partial charge in [-0.3, -0.25) is 10.1 Å². The van der Waals surface area contributed by atoms with Gasteiger partial charge in [0.05, 0.1) is 5.25 Å². The first kappa shape index (κ1) is 12.4. The fourth-order valence-electron chi connectivity index (χ4n) is 2.20. The molecule has 1 aliphatic carbocycles. The molecule has 1 saturated carbocycles. The molecule has 92 valence electrons. The Bertz CT molecular complexity index is 385. The largest absolute Gasteiger partial charge is 0.386 e. The Balaban J connectivity index is 2.10. The lowest BCUT2D eigenvalue weighted by molar-refractivity contribution is -0.535. The van der Waals surface area contributed by atoms with Crippen molar-refractivity contribution < 1.29 is 10.0 Å². The van der Waals surface area contributed by atoms with E-state index in [9.17, 15) is 15.2 Å². The topological polar surface area (TPSA) is 63.4 Å². The van der Waals surface area contributed by atoms with Crippen LogP contribution in [0.2, 0.25) is 0 Å². The van der Waals surface area contributed by atoms with E-state index in [4.69, 9.17) is 0 Å². The highest BCUT2D eigenvalue weighted by Gasteiger charge is 2.41. The SMILES string of the molecule is O=[N+]([O-])C1C(O)CCCC1Sc1ccccc1. The quantitative estimate of drug-likeness (QED) is 0.663. The van der Waals surface area contributed by atoms with E-state index in [1.165, 1.54) is 11.8 Å². The third-order valence-electron chi connectivity index (χ3n) is 3.04. The zero-order valence-electron chi connectivity index (χ0n) is 9.36. The molecule has 2 rings (SSSR count). The second-order valence-corrected chi connectivity index (χ2v) is 5.56. The van der Waals surface area contributed by atoms with Crippen LogP contribution in [0.15, 0.2) is 35.2 Å². The zero-order chi connectivity index (χ0) is 12.3. The lowest BCUT2D eigenvalue weighted by Gasteiger charge is -2.28. The summed E-state index contributed by atoms with van der Waals surface area (Å²) in [5.41, 5.74) is 0. The van der Waals surface area contributed by atoms with Crippen LogP contribution in [0.25, 0.3) is 0 Å². The first-order valence-electron chi connectivity index (χ1n) is 5.72. The number of nitrogens with zero attached hydrogens (tertiary/aromatic N) is 1. The van der Waals surface area contributed by atoms with Crippen LogP contribution in [0.1, 0.15) is 19.3 Å². The van der Waals surface area contributed by atoms with Crippen molar-refractivity contribution in [2.45, 2.75) is 41.6 Å². The highest BCUT2D eigenvalue weighted by molar-refractivity contribution is 8.00. The number of benzene rings is 1. The molecule has 0 aromatic heterocycles. The van der Waals surface area contributed by atoms with Gasteiger partial charge < -0.3 is 5.11 Å². The van der Waals surface area contributed by atoms with E-state index in [1.54, 1.807) is 0 Å². The van der Waals surface area contributed by atoms with Crippen LogP contribution in [-0.4, -0.2) is 27.4 Å². The van der Waals surface area contributed by atoms with E-state index in [1.807, 2.05) is 30.3 Å². The van der Waals surface area contributed by atoms with Crippen LogP contribution < -0.4 is 0 Å². The predicted octanol–water partition coefficient (Wildman–Crippen LogP) is 2.34. The van der Waals surface area contributed by atoms with Gasteiger partial charge >= 0.3 is 0 Å². The van der Waals surface area contributed by atoms with Gasteiger partial charge in [-0.1, -0.05) is 18.2 Å². The van der Waals surface area contributed by atoms with Crippen LogP contribution in [0.4, 0.5) is 0 Å². The number of thioether (sulfide) groups is 1. The average Bonchev–Trinajstić information content (AvgIpc) is 2.30. The summed E-state index contributed by atoms with van der Waals surface area (Å²) in [6, 6.07) is 8.82. The van der Waals surface area contributed by atoms with Gasteiger partial charge in [0.2, 0.25) is 0 Å². The third-order valence-corrected chi connectivity index (χ3v) is 4.40. The van der Waals surface area contributed by atoms with Crippen molar-refractivity contribution >= 4 is 11.8 Å². The van der Waals surface area contributed by atoms with E-state index in [0.717, 1.165) is 17.7 Å². The van der Waals surface area contributed by atoms with Crippen molar-refractivity contribution in [1.82, 2.24) is 0 Å². The zero-order valence-corrected chi connectivity index (χ0v) is 10.2. The number of aliphatic hydroxyl groups is 1. The molecule has 1 N–H and O–H groups in total. The Morgan fingerprint density at radius 3 is 2.65 bits per heavy atom. The van der Waals surface area contributed by atoms with E-state index >= 15 is 0 Å². The maximum absolute atomic E-state index is 11.0. The minimum atomic E-state index is -0.839. The summed E-state index contributed by atoms with van der Waals surface area (Å²) in [4.78, 5) is 11.7. The van der Waals surface area contributed by atoms with Gasteiger partial charge in [-0.2, -0.15) is 0 Å². The summed E-state index contributed by atoms with van der Waals surface area (Å²) >= 11 is 1.50. The highest BCUT2D eigenvalue weighted by Crippen LogP contribution is 2.35. The average molecular weight is 253 g/mol. The van der Waals surface area contributed by atoms with E-state index < -0.39 is 12.1 Å².